The lowest BCUT2D eigenvalue weighted by Gasteiger charge is -2.03. The minimum absolute atomic E-state index is 0.168. The van der Waals surface area contributed by atoms with Gasteiger partial charge in [0.25, 0.3) is 0 Å². The average Bonchev–Trinajstić information content (AvgIpc) is 2.68. The van der Waals surface area contributed by atoms with E-state index in [2.05, 4.69) is 11.9 Å². The van der Waals surface area contributed by atoms with Crippen molar-refractivity contribution in [1.82, 2.24) is 0 Å². The number of benzene rings is 1. The summed E-state index contributed by atoms with van der Waals surface area (Å²) in [7, 11) is 1.56. The Morgan fingerprint density at radius 3 is 1.85 bits per heavy atom. The Kier molecular flexibility index (Phi) is 14.5. The van der Waals surface area contributed by atoms with Crippen LogP contribution < -0.4 is 4.74 Å². The molecule has 1 aromatic carbocycles. The maximum Gasteiger partial charge on any atom is 0.161 e. The van der Waals surface area contributed by atoms with Crippen LogP contribution in [0.2, 0.25) is 0 Å². The zero-order valence-electron chi connectivity index (χ0n) is 17.7. The molecule has 0 aliphatic carbocycles. The van der Waals surface area contributed by atoms with Crippen molar-refractivity contribution in [2.75, 3.05) is 13.7 Å². The van der Waals surface area contributed by atoms with Gasteiger partial charge in [-0.05, 0) is 30.2 Å². The topological polar surface area (TPSA) is 41.8 Å². The van der Waals surface area contributed by atoms with Crippen LogP contribution in [0.4, 0.5) is 0 Å². The first-order valence-corrected chi connectivity index (χ1v) is 11.1. The third-order valence-corrected chi connectivity index (χ3v) is 5.08. The molecular formula is C24H41NO2. The predicted octanol–water partition coefficient (Wildman–Crippen LogP) is 7.30. The van der Waals surface area contributed by atoms with Gasteiger partial charge in [-0.2, -0.15) is 0 Å². The molecule has 0 saturated heterocycles. The van der Waals surface area contributed by atoms with Gasteiger partial charge in [0, 0.05) is 12.8 Å². The SMILES string of the molecule is CCCCCCCCCCCCCCCCN=Cc1ccc(O)c(OC)c1. The van der Waals surface area contributed by atoms with Gasteiger partial charge >= 0.3 is 0 Å². The minimum Gasteiger partial charge on any atom is -0.504 e. The molecule has 154 valence electrons. The summed E-state index contributed by atoms with van der Waals surface area (Å²) in [5.74, 6) is 0.664. The van der Waals surface area contributed by atoms with Crippen molar-refractivity contribution in [3.05, 3.63) is 23.8 Å². The van der Waals surface area contributed by atoms with Crippen LogP contribution in [-0.2, 0) is 0 Å². The highest BCUT2D eigenvalue weighted by atomic mass is 16.5. The Balaban J connectivity index is 1.89. The van der Waals surface area contributed by atoms with Gasteiger partial charge < -0.3 is 9.84 Å². The highest BCUT2D eigenvalue weighted by Crippen LogP contribution is 2.25. The van der Waals surface area contributed by atoms with Crippen molar-refractivity contribution in [2.45, 2.75) is 96.8 Å². The molecule has 0 aliphatic heterocycles. The van der Waals surface area contributed by atoms with E-state index >= 15 is 0 Å². The number of hydrogen-bond acceptors (Lipinski definition) is 3. The number of aromatic hydroxyl groups is 1. The van der Waals surface area contributed by atoms with Crippen LogP contribution in [0.1, 0.15) is 102 Å². The molecular weight excluding hydrogens is 334 g/mol. The summed E-state index contributed by atoms with van der Waals surface area (Å²) in [4.78, 5) is 4.48. The molecule has 1 rings (SSSR count). The zero-order chi connectivity index (χ0) is 19.6. The van der Waals surface area contributed by atoms with Crippen molar-refractivity contribution in [1.29, 1.82) is 0 Å². The second-order valence-electron chi connectivity index (χ2n) is 7.56. The number of rotatable bonds is 17. The van der Waals surface area contributed by atoms with Crippen LogP contribution in [0.3, 0.4) is 0 Å². The van der Waals surface area contributed by atoms with E-state index in [1.165, 1.54) is 83.5 Å². The lowest BCUT2D eigenvalue weighted by Crippen LogP contribution is -1.89. The first-order chi connectivity index (χ1) is 13.3. The van der Waals surface area contributed by atoms with Crippen LogP contribution in [0.25, 0.3) is 0 Å². The molecule has 0 aromatic heterocycles. The van der Waals surface area contributed by atoms with Crippen LogP contribution in [0.5, 0.6) is 11.5 Å². The molecule has 1 N–H and O–H groups in total. The average molecular weight is 376 g/mol. The van der Waals surface area contributed by atoms with E-state index in [0.717, 1.165) is 18.5 Å². The van der Waals surface area contributed by atoms with Gasteiger partial charge in [0.05, 0.1) is 7.11 Å². The van der Waals surface area contributed by atoms with Crippen molar-refractivity contribution in [3.63, 3.8) is 0 Å². The van der Waals surface area contributed by atoms with Crippen molar-refractivity contribution in [2.24, 2.45) is 4.99 Å². The molecule has 0 fully saturated rings. The molecule has 0 amide bonds. The van der Waals surface area contributed by atoms with Crippen LogP contribution >= 0.6 is 0 Å². The quantitative estimate of drug-likeness (QED) is 0.229. The third-order valence-electron chi connectivity index (χ3n) is 5.08. The summed E-state index contributed by atoms with van der Waals surface area (Å²) in [6.45, 7) is 3.16. The van der Waals surface area contributed by atoms with E-state index in [4.69, 9.17) is 4.74 Å². The van der Waals surface area contributed by atoms with Crippen LogP contribution in [0, 0.1) is 0 Å². The highest BCUT2D eigenvalue weighted by molar-refractivity contribution is 5.80. The Bertz CT molecular complexity index is 499. The maximum absolute atomic E-state index is 9.58. The van der Waals surface area contributed by atoms with Gasteiger partial charge in [-0.3, -0.25) is 4.99 Å². The molecule has 3 nitrogen and oxygen atoms in total. The maximum atomic E-state index is 9.58. The second kappa shape index (κ2) is 16.6. The van der Waals surface area contributed by atoms with Gasteiger partial charge in [0.15, 0.2) is 11.5 Å². The normalized spacial score (nSPS) is 11.3. The zero-order valence-corrected chi connectivity index (χ0v) is 17.7. The molecule has 0 spiro atoms. The smallest absolute Gasteiger partial charge is 0.161 e. The predicted molar refractivity (Wildman–Crippen MR) is 117 cm³/mol. The summed E-state index contributed by atoms with van der Waals surface area (Å²) >= 11 is 0. The molecule has 0 bridgehead atoms. The van der Waals surface area contributed by atoms with E-state index in [9.17, 15) is 5.11 Å². The van der Waals surface area contributed by atoms with Crippen molar-refractivity contribution >= 4 is 6.21 Å². The van der Waals surface area contributed by atoms with Crippen molar-refractivity contribution < 1.29 is 9.84 Å². The van der Waals surface area contributed by atoms with Crippen LogP contribution in [0.15, 0.2) is 23.2 Å². The number of hydrogen-bond donors (Lipinski definition) is 1. The number of aliphatic imine (C=N–C) groups is 1. The van der Waals surface area contributed by atoms with E-state index in [1.54, 1.807) is 13.2 Å². The number of methoxy groups -OCH3 is 1. The first kappa shape index (κ1) is 23.5. The molecule has 0 atom stereocenters. The molecule has 0 radical (unpaired) electrons. The van der Waals surface area contributed by atoms with Gasteiger partial charge in [-0.1, -0.05) is 90.4 Å². The summed E-state index contributed by atoms with van der Waals surface area (Å²) in [6.07, 6.45) is 21.2. The molecule has 1 aromatic rings. The molecule has 0 heterocycles. The fourth-order valence-electron chi connectivity index (χ4n) is 3.34. The molecule has 0 aliphatic rings. The standard InChI is InChI=1S/C24H41NO2/c1-3-4-5-6-7-8-9-10-11-12-13-14-15-16-19-25-21-22-17-18-23(26)24(20-22)27-2/h17-18,20-21,26H,3-16,19H2,1-2H3. The minimum atomic E-state index is 0.168. The Morgan fingerprint density at radius 1 is 0.815 bits per heavy atom. The number of nitrogens with zero attached hydrogens (tertiary/aromatic N) is 1. The third kappa shape index (κ3) is 12.5. The lowest BCUT2D eigenvalue weighted by molar-refractivity contribution is 0.373. The number of phenolic OH excluding ortho intramolecular Hbond substituents is 1. The Labute approximate surface area is 167 Å². The molecule has 27 heavy (non-hydrogen) atoms. The van der Waals surface area contributed by atoms with E-state index < -0.39 is 0 Å². The number of ether oxygens (including phenoxy) is 1. The van der Waals surface area contributed by atoms with Gasteiger partial charge in [0.2, 0.25) is 0 Å². The van der Waals surface area contributed by atoms with E-state index in [0.29, 0.717) is 5.75 Å². The lowest BCUT2D eigenvalue weighted by atomic mass is 10.0. The number of phenols is 1. The van der Waals surface area contributed by atoms with E-state index in [-0.39, 0.29) is 5.75 Å². The fraction of sp³-hybridized carbons (Fsp3) is 0.708. The fourth-order valence-corrected chi connectivity index (χ4v) is 3.34. The Morgan fingerprint density at radius 2 is 1.33 bits per heavy atom. The highest BCUT2D eigenvalue weighted by Gasteiger charge is 2.00. The van der Waals surface area contributed by atoms with Gasteiger partial charge in [-0.25, -0.2) is 0 Å². The summed E-state index contributed by atoms with van der Waals surface area (Å²) in [5.41, 5.74) is 0.968. The largest absolute Gasteiger partial charge is 0.504 e. The second-order valence-corrected chi connectivity index (χ2v) is 7.56. The Hall–Kier alpha value is -1.51. The van der Waals surface area contributed by atoms with Gasteiger partial charge in [-0.15, -0.1) is 0 Å². The monoisotopic (exact) mass is 375 g/mol. The number of unbranched alkanes of at least 4 members (excludes halogenated alkanes) is 13. The van der Waals surface area contributed by atoms with E-state index in [1.807, 2.05) is 18.3 Å². The molecule has 0 unspecified atom stereocenters. The molecule has 0 saturated carbocycles. The summed E-state index contributed by atoms with van der Waals surface area (Å²) in [6, 6.07) is 5.31. The van der Waals surface area contributed by atoms with Gasteiger partial charge in [0.1, 0.15) is 0 Å². The summed E-state index contributed by atoms with van der Waals surface area (Å²) in [5, 5.41) is 9.58. The summed E-state index contributed by atoms with van der Waals surface area (Å²) < 4.78 is 5.11. The molecule has 3 heteroatoms. The van der Waals surface area contributed by atoms with Crippen LogP contribution in [-0.4, -0.2) is 25.0 Å². The first-order valence-electron chi connectivity index (χ1n) is 11.1. The van der Waals surface area contributed by atoms with Crippen molar-refractivity contribution in [3.8, 4) is 11.5 Å².